The molecule has 2 heterocycles. The van der Waals surface area contributed by atoms with Gasteiger partial charge in [0.2, 0.25) is 5.95 Å². The molecule has 0 bridgehead atoms. The van der Waals surface area contributed by atoms with Gasteiger partial charge in [-0.2, -0.15) is 10.1 Å². The second-order valence-corrected chi connectivity index (χ2v) is 8.10. The quantitative estimate of drug-likeness (QED) is 0.277. The Morgan fingerprint density at radius 1 is 1.13 bits per heavy atom. The van der Waals surface area contributed by atoms with E-state index in [1.54, 1.807) is 19.2 Å². The van der Waals surface area contributed by atoms with Gasteiger partial charge in [-0.05, 0) is 31.0 Å². The van der Waals surface area contributed by atoms with Crippen LogP contribution in [0.4, 0.5) is 5.95 Å². The minimum atomic E-state index is -0.492. The lowest BCUT2D eigenvalue weighted by Crippen LogP contribution is -2.29. The predicted molar refractivity (Wildman–Crippen MR) is 126 cm³/mol. The summed E-state index contributed by atoms with van der Waals surface area (Å²) in [5, 5.41) is 5.10. The molecule has 1 aromatic carbocycles. The summed E-state index contributed by atoms with van der Waals surface area (Å²) in [7, 11) is 1.59. The SMILES string of the molecule is CCCCCCCCn1c(NN=C(C)c2ccc(Cl)cc2)nc2c1c(=O)[nH]c(=O)n2C. The zero-order chi connectivity index (χ0) is 22.4. The number of anilines is 1. The summed E-state index contributed by atoms with van der Waals surface area (Å²) in [5.74, 6) is 0.434. The highest BCUT2D eigenvalue weighted by Crippen LogP contribution is 2.18. The molecule has 0 saturated heterocycles. The molecule has 166 valence electrons. The fourth-order valence-corrected chi connectivity index (χ4v) is 3.60. The first-order chi connectivity index (χ1) is 14.9. The Morgan fingerprint density at radius 3 is 2.52 bits per heavy atom. The van der Waals surface area contributed by atoms with Gasteiger partial charge in [-0.3, -0.25) is 14.3 Å². The zero-order valence-corrected chi connectivity index (χ0v) is 19.0. The number of aryl methyl sites for hydroxylation is 2. The van der Waals surface area contributed by atoms with E-state index >= 15 is 0 Å². The predicted octanol–water partition coefficient (Wildman–Crippen LogP) is 4.27. The number of hydrogen-bond acceptors (Lipinski definition) is 5. The zero-order valence-electron chi connectivity index (χ0n) is 18.2. The second-order valence-electron chi connectivity index (χ2n) is 7.66. The second kappa shape index (κ2) is 10.4. The molecule has 2 N–H and O–H groups in total. The molecule has 0 spiro atoms. The first-order valence-electron chi connectivity index (χ1n) is 10.7. The van der Waals surface area contributed by atoms with Crippen LogP contribution in [0.25, 0.3) is 11.2 Å². The molecule has 31 heavy (non-hydrogen) atoms. The summed E-state index contributed by atoms with van der Waals surface area (Å²) in [4.78, 5) is 31.4. The van der Waals surface area contributed by atoms with E-state index in [0.29, 0.717) is 28.7 Å². The van der Waals surface area contributed by atoms with Gasteiger partial charge in [0.15, 0.2) is 11.2 Å². The number of benzene rings is 1. The third kappa shape index (κ3) is 5.44. The van der Waals surface area contributed by atoms with E-state index < -0.39 is 11.2 Å². The number of unbranched alkanes of at least 4 members (excludes halogenated alkanes) is 5. The summed E-state index contributed by atoms with van der Waals surface area (Å²) in [6.07, 6.45) is 6.79. The van der Waals surface area contributed by atoms with Crippen LogP contribution in [0.15, 0.2) is 39.0 Å². The summed E-state index contributed by atoms with van der Waals surface area (Å²) >= 11 is 5.96. The summed E-state index contributed by atoms with van der Waals surface area (Å²) in [6, 6.07) is 7.38. The number of hydrazone groups is 1. The van der Waals surface area contributed by atoms with Crippen LogP contribution in [0, 0.1) is 0 Å². The van der Waals surface area contributed by atoms with Crippen LogP contribution in [0.2, 0.25) is 5.02 Å². The van der Waals surface area contributed by atoms with Crippen LogP contribution in [0.5, 0.6) is 0 Å². The average molecular weight is 445 g/mol. The fraction of sp³-hybridized carbons (Fsp3) is 0.455. The number of imidazole rings is 1. The van der Waals surface area contributed by atoms with Crippen LogP contribution in [-0.4, -0.2) is 24.8 Å². The monoisotopic (exact) mass is 444 g/mol. The third-order valence-electron chi connectivity index (χ3n) is 5.33. The van der Waals surface area contributed by atoms with E-state index in [1.165, 1.54) is 23.8 Å². The summed E-state index contributed by atoms with van der Waals surface area (Å²) in [6.45, 7) is 4.68. The van der Waals surface area contributed by atoms with Crippen LogP contribution in [0.1, 0.15) is 57.9 Å². The molecule has 3 rings (SSSR count). The number of fused-ring (bicyclic) bond motifs is 1. The number of aromatic nitrogens is 4. The Balaban J connectivity index is 1.89. The highest BCUT2D eigenvalue weighted by Gasteiger charge is 2.17. The number of halogens is 1. The molecule has 0 saturated carbocycles. The summed E-state index contributed by atoms with van der Waals surface area (Å²) in [5.41, 5.74) is 4.43. The van der Waals surface area contributed by atoms with E-state index in [0.717, 1.165) is 30.5 Å². The molecule has 3 aromatic rings. The smallest absolute Gasteiger partial charge is 0.303 e. The minimum Gasteiger partial charge on any atom is -0.303 e. The molecule has 0 atom stereocenters. The van der Waals surface area contributed by atoms with Gasteiger partial charge in [-0.25, -0.2) is 10.2 Å². The molecule has 0 aliphatic heterocycles. The topological polar surface area (TPSA) is 97.1 Å². The van der Waals surface area contributed by atoms with Crippen molar-refractivity contribution in [1.29, 1.82) is 0 Å². The highest BCUT2D eigenvalue weighted by molar-refractivity contribution is 6.30. The Kier molecular flexibility index (Phi) is 7.68. The van der Waals surface area contributed by atoms with Crippen molar-refractivity contribution in [3.8, 4) is 0 Å². The maximum Gasteiger partial charge on any atom is 0.329 e. The van der Waals surface area contributed by atoms with Crippen molar-refractivity contribution in [1.82, 2.24) is 19.1 Å². The molecule has 9 heteroatoms. The first-order valence-corrected chi connectivity index (χ1v) is 11.1. The third-order valence-corrected chi connectivity index (χ3v) is 5.58. The Labute approximate surface area is 186 Å². The van der Waals surface area contributed by atoms with Gasteiger partial charge in [0.05, 0.1) is 5.71 Å². The van der Waals surface area contributed by atoms with Crippen molar-refractivity contribution in [2.45, 2.75) is 58.9 Å². The van der Waals surface area contributed by atoms with Crippen molar-refractivity contribution in [2.75, 3.05) is 5.43 Å². The van der Waals surface area contributed by atoms with Gasteiger partial charge in [-0.15, -0.1) is 0 Å². The lowest BCUT2D eigenvalue weighted by atomic mass is 10.1. The first kappa shape index (κ1) is 22.8. The van der Waals surface area contributed by atoms with Gasteiger partial charge >= 0.3 is 5.69 Å². The van der Waals surface area contributed by atoms with E-state index in [4.69, 9.17) is 11.6 Å². The Bertz CT molecular complexity index is 1170. The van der Waals surface area contributed by atoms with Gasteiger partial charge in [-0.1, -0.05) is 62.8 Å². The lowest BCUT2D eigenvalue weighted by molar-refractivity contribution is 0.565. The molecule has 0 fully saturated rings. The molecule has 0 unspecified atom stereocenters. The van der Waals surface area contributed by atoms with Crippen molar-refractivity contribution in [3.05, 3.63) is 55.7 Å². The maximum absolute atomic E-state index is 12.5. The lowest BCUT2D eigenvalue weighted by Gasteiger charge is -2.09. The standard InChI is InChI=1S/C22H29ClN6O2/c1-4-5-6-7-8-9-14-29-18-19(28(3)22(31)25-20(18)30)24-21(29)27-26-15(2)16-10-12-17(23)13-11-16/h10-13H,4-9,14H2,1-3H3,(H,24,27)(H,25,30,31). The summed E-state index contributed by atoms with van der Waals surface area (Å²) < 4.78 is 3.15. The van der Waals surface area contributed by atoms with Gasteiger partial charge in [0.25, 0.3) is 5.56 Å². The number of aromatic amines is 1. The normalized spacial score (nSPS) is 11.9. The van der Waals surface area contributed by atoms with E-state index in [-0.39, 0.29) is 0 Å². The average Bonchev–Trinajstić information content (AvgIpc) is 3.12. The molecule has 2 aromatic heterocycles. The van der Waals surface area contributed by atoms with E-state index in [9.17, 15) is 9.59 Å². The minimum absolute atomic E-state index is 0.335. The van der Waals surface area contributed by atoms with Crippen molar-refractivity contribution in [2.24, 2.45) is 12.1 Å². The largest absolute Gasteiger partial charge is 0.329 e. The van der Waals surface area contributed by atoms with E-state index in [2.05, 4.69) is 27.4 Å². The Morgan fingerprint density at radius 2 is 1.81 bits per heavy atom. The molecule has 0 aliphatic rings. The molecule has 8 nitrogen and oxygen atoms in total. The maximum atomic E-state index is 12.5. The van der Waals surface area contributed by atoms with Gasteiger partial charge < -0.3 is 4.57 Å². The van der Waals surface area contributed by atoms with Gasteiger partial charge in [0, 0.05) is 18.6 Å². The number of nitrogens with one attached hydrogen (secondary N) is 2. The number of rotatable bonds is 10. The van der Waals surface area contributed by atoms with Crippen molar-refractivity contribution in [3.63, 3.8) is 0 Å². The van der Waals surface area contributed by atoms with E-state index in [1.807, 2.05) is 23.6 Å². The van der Waals surface area contributed by atoms with Crippen LogP contribution >= 0.6 is 11.6 Å². The molecular formula is C22H29ClN6O2. The van der Waals surface area contributed by atoms with Crippen molar-refractivity contribution >= 4 is 34.4 Å². The van der Waals surface area contributed by atoms with Crippen LogP contribution in [-0.2, 0) is 13.6 Å². The molecule has 0 aliphatic carbocycles. The number of nitrogens with zero attached hydrogens (tertiary/aromatic N) is 4. The number of H-pyrrole nitrogens is 1. The molecule has 0 radical (unpaired) electrons. The highest BCUT2D eigenvalue weighted by atomic mass is 35.5. The molecule has 0 amide bonds. The molecular weight excluding hydrogens is 416 g/mol. The van der Waals surface area contributed by atoms with Crippen LogP contribution < -0.4 is 16.7 Å². The van der Waals surface area contributed by atoms with Crippen molar-refractivity contribution < 1.29 is 0 Å². The Hall–Kier alpha value is -2.87. The van der Waals surface area contributed by atoms with Crippen LogP contribution in [0.3, 0.4) is 0 Å². The van der Waals surface area contributed by atoms with Gasteiger partial charge in [0.1, 0.15) is 0 Å². The number of hydrogen-bond donors (Lipinski definition) is 2. The fourth-order valence-electron chi connectivity index (χ4n) is 3.48.